The Hall–Kier alpha value is -2.02. The highest BCUT2D eigenvalue weighted by Gasteiger charge is 2.10. The number of aliphatic hydroxyl groups is 1. The summed E-state index contributed by atoms with van der Waals surface area (Å²) in [5.41, 5.74) is 1.84. The van der Waals surface area contributed by atoms with Gasteiger partial charge in [-0.15, -0.1) is 0 Å². The van der Waals surface area contributed by atoms with Crippen molar-refractivity contribution in [3.05, 3.63) is 58.6 Å². The standard InChI is InChI=1S/C15H15N3O2S/c19-13(11-4-2-1-3-5-11)8-16-9-14-17-15(18-20-14)12-6-7-21-10-12/h1-7,10,13,16,19H,8-9H2/t13-/m1/s1. The average Bonchev–Trinajstić information content (AvgIpc) is 3.19. The number of aromatic nitrogens is 2. The summed E-state index contributed by atoms with van der Waals surface area (Å²) in [6.45, 7) is 0.862. The van der Waals surface area contributed by atoms with Gasteiger partial charge in [-0.25, -0.2) is 0 Å². The van der Waals surface area contributed by atoms with Gasteiger partial charge in [0, 0.05) is 17.5 Å². The van der Waals surface area contributed by atoms with Crippen LogP contribution in [0.15, 0.2) is 51.7 Å². The summed E-state index contributed by atoms with van der Waals surface area (Å²) < 4.78 is 5.18. The van der Waals surface area contributed by atoms with Crippen LogP contribution in [0.2, 0.25) is 0 Å². The second-order valence-corrected chi connectivity index (χ2v) is 5.36. The SMILES string of the molecule is O[C@H](CNCc1nc(-c2ccsc2)no1)c1ccccc1. The summed E-state index contributed by atoms with van der Waals surface area (Å²) in [6.07, 6.45) is -0.550. The van der Waals surface area contributed by atoms with E-state index in [0.717, 1.165) is 11.1 Å². The first-order valence-electron chi connectivity index (χ1n) is 6.62. The maximum Gasteiger partial charge on any atom is 0.240 e. The minimum Gasteiger partial charge on any atom is -0.387 e. The highest BCUT2D eigenvalue weighted by molar-refractivity contribution is 7.08. The van der Waals surface area contributed by atoms with Crippen molar-refractivity contribution in [2.75, 3.05) is 6.54 Å². The molecule has 0 spiro atoms. The van der Waals surface area contributed by atoms with E-state index in [0.29, 0.717) is 24.8 Å². The Balaban J connectivity index is 1.52. The van der Waals surface area contributed by atoms with Crippen LogP contribution >= 0.6 is 11.3 Å². The summed E-state index contributed by atoms with van der Waals surface area (Å²) in [5.74, 6) is 1.10. The van der Waals surface area contributed by atoms with Gasteiger partial charge in [-0.3, -0.25) is 0 Å². The molecule has 0 fully saturated rings. The molecule has 0 unspecified atom stereocenters. The van der Waals surface area contributed by atoms with E-state index in [2.05, 4.69) is 15.5 Å². The van der Waals surface area contributed by atoms with E-state index in [9.17, 15) is 5.11 Å². The minimum atomic E-state index is -0.550. The zero-order chi connectivity index (χ0) is 14.5. The van der Waals surface area contributed by atoms with Gasteiger partial charge < -0.3 is 14.9 Å². The van der Waals surface area contributed by atoms with Gasteiger partial charge in [0.25, 0.3) is 0 Å². The predicted molar refractivity (Wildman–Crippen MR) is 80.7 cm³/mol. The Morgan fingerprint density at radius 1 is 1.24 bits per heavy atom. The third-order valence-electron chi connectivity index (χ3n) is 3.05. The van der Waals surface area contributed by atoms with Crippen LogP contribution in [0.1, 0.15) is 17.6 Å². The lowest BCUT2D eigenvalue weighted by molar-refractivity contribution is 0.172. The van der Waals surface area contributed by atoms with Crippen LogP contribution in [0.3, 0.4) is 0 Å². The lowest BCUT2D eigenvalue weighted by Crippen LogP contribution is -2.21. The number of hydrogen-bond acceptors (Lipinski definition) is 6. The van der Waals surface area contributed by atoms with Gasteiger partial charge in [0.1, 0.15) is 0 Å². The number of aliphatic hydroxyl groups excluding tert-OH is 1. The van der Waals surface area contributed by atoms with E-state index in [1.54, 1.807) is 11.3 Å². The number of nitrogens with one attached hydrogen (secondary N) is 1. The summed E-state index contributed by atoms with van der Waals surface area (Å²) >= 11 is 1.59. The largest absolute Gasteiger partial charge is 0.387 e. The van der Waals surface area contributed by atoms with E-state index < -0.39 is 6.10 Å². The highest BCUT2D eigenvalue weighted by atomic mass is 32.1. The van der Waals surface area contributed by atoms with Crippen molar-refractivity contribution >= 4 is 11.3 Å². The lowest BCUT2D eigenvalue weighted by atomic mass is 10.1. The van der Waals surface area contributed by atoms with Gasteiger partial charge in [-0.05, 0) is 17.0 Å². The number of rotatable bonds is 6. The van der Waals surface area contributed by atoms with Crippen molar-refractivity contribution < 1.29 is 9.63 Å². The normalized spacial score (nSPS) is 12.4. The number of benzene rings is 1. The molecule has 2 N–H and O–H groups in total. The van der Waals surface area contributed by atoms with Crippen LogP contribution in [0, 0.1) is 0 Å². The Labute approximate surface area is 126 Å². The first kappa shape index (κ1) is 13.9. The topological polar surface area (TPSA) is 71.2 Å². The Morgan fingerprint density at radius 2 is 2.10 bits per heavy atom. The van der Waals surface area contributed by atoms with Crippen molar-refractivity contribution in [2.45, 2.75) is 12.6 Å². The number of thiophene rings is 1. The molecule has 5 nitrogen and oxygen atoms in total. The fourth-order valence-electron chi connectivity index (χ4n) is 1.94. The van der Waals surface area contributed by atoms with Crippen LogP contribution in [-0.4, -0.2) is 21.8 Å². The molecule has 0 bridgehead atoms. The summed E-state index contributed by atoms with van der Waals surface area (Å²) in [4.78, 5) is 4.31. The third-order valence-corrected chi connectivity index (χ3v) is 3.73. The summed E-state index contributed by atoms with van der Waals surface area (Å²) in [5, 5.41) is 21.0. The van der Waals surface area contributed by atoms with E-state index in [-0.39, 0.29) is 0 Å². The predicted octanol–water partition coefficient (Wildman–Crippen LogP) is 2.62. The molecule has 0 amide bonds. The maximum absolute atomic E-state index is 10.0. The van der Waals surface area contributed by atoms with Crippen molar-refractivity contribution in [1.82, 2.24) is 15.5 Å². The van der Waals surface area contributed by atoms with E-state index in [4.69, 9.17) is 4.52 Å². The summed E-state index contributed by atoms with van der Waals surface area (Å²) in [7, 11) is 0. The molecule has 3 rings (SSSR count). The molecular weight excluding hydrogens is 286 g/mol. The Bertz CT molecular complexity index is 667. The number of nitrogens with zero attached hydrogens (tertiary/aromatic N) is 2. The van der Waals surface area contributed by atoms with Crippen LogP contribution in [0.25, 0.3) is 11.4 Å². The molecule has 2 aromatic heterocycles. The van der Waals surface area contributed by atoms with Crippen LogP contribution in [0.5, 0.6) is 0 Å². The average molecular weight is 301 g/mol. The second-order valence-electron chi connectivity index (χ2n) is 4.58. The minimum absolute atomic E-state index is 0.431. The van der Waals surface area contributed by atoms with Gasteiger partial charge in [0.15, 0.2) is 0 Å². The molecule has 6 heteroatoms. The molecule has 0 aliphatic rings. The van der Waals surface area contributed by atoms with E-state index in [1.165, 1.54) is 0 Å². The fourth-order valence-corrected chi connectivity index (χ4v) is 2.58. The Morgan fingerprint density at radius 3 is 2.86 bits per heavy atom. The molecule has 2 heterocycles. The zero-order valence-corrected chi connectivity index (χ0v) is 12.1. The van der Waals surface area contributed by atoms with Crippen molar-refractivity contribution in [3.8, 4) is 11.4 Å². The van der Waals surface area contributed by atoms with Gasteiger partial charge in [0.2, 0.25) is 11.7 Å². The first-order valence-corrected chi connectivity index (χ1v) is 7.56. The first-order chi connectivity index (χ1) is 10.3. The molecule has 108 valence electrons. The Kier molecular flexibility index (Phi) is 4.40. The molecule has 0 aliphatic heterocycles. The monoisotopic (exact) mass is 301 g/mol. The third kappa shape index (κ3) is 3.55. The quantitative estimate of drug-likeness (QED) is 0.732. The van der Waals surface area contributed by atoms with Gasteiger partial charge in [-0.2, -0.15) is 16.3 Å². The smallest absolute Gasteiger partial charge is 0.240 e. The van der Waals surface area contributed by atoms with Crippen molar-refractivity contribution in [2.24, 2.45) is 0 Å². The lowest BCUT2D eigenvalue weighted by Gasteiger charge is -2.10. The molecule has 21 heavy (non-hydrogen) atoms. The highest BCUT2D eigenvalue weighted by Crippen LogP contribution is 2.18. The second kappa shape index (κ2) is 6.62. The van der Waals surface area contributed by atoms with E-state index >= 15 is 0 Å². The molecule has 0 saturated carbocycles. The summed E-state index contributed by atoms with van der Waals surface area (Å²) in [6, 6.07) is 11.5. The van der Waals surface area contributed by atoms with Gasteiger partial charge in [0.05, 0.1) is 12.6 Å². The van der Waals surface area contributed by atoms with Gasteiger partial charge >= 0.3 is 0 Å². The molecule has 0 saturated heterocycles. The molecule has 1 aromatic carbocycles. The van der Waals surface area contributed by atoms with Crippen molar-refractivity contribution in [1.29, 1.82) is 0 Å². The van der Waals surface area contributed by atoms with E-state index in [1.807, 2.05) is 47.2 Å². The van der Waals surface area contributed by atoms with Crippen molar-refractivity contribution in [3.63, 3.8) is 0 Å². The molecule has 1 atom stereocenters. The van der Waals surface area contributed by atoms with Crippen LogP contribution < -0.4 is 5.32 Å². The van der Waals surface area contributed by atoms with Crippen LogP contribution in [-0.2, 0) is 6.54 Å². The molecule has 3 aromatic rings. The fraction of sp³-hybridized carbons (Fsp3) is 0.200. The molecule has 0 aliphatic carbocycles. The molecule has 0 radical (unpaired) electrons. The maximum atomic E-state index is 10.0. The zero-order valence-electron chi connectivity index (χ0n) is 11.3. The number of hydrogen-bond donors (Lipinski definition) is 2. The van der Waals surface area contributed by atoms with Gasteiger partial charge in [-0.1, -0.05) is 35.5 Å². The molecular formula is C15H15N3O2S. The van der Waals surface area contributed by atoms with Crippen LogP contribution in [0.4, 0.5) is 0 Å².